The lowest BCUT2D eigenvalue weighted by atomic mass is 10.3. The quantitative estimate of drug-likeness (QED) is 0.458. The van der Waals surface area contributed by atoms with Gasteiger partial charge in [0.05, 0.1) is 43.9 Å². The molecule has 1 atom stereocenters. The van der Waals surface area contributed by atoms with Gasteiger partial charge in [-0.1, -0.05) is 0 Å². The number of hydrogen-bond acceptors (Lipinski definition) is 3. The number of hydrogen-bond donors (Lipinski definition) is 2. The third-order valence-corrected chi connectivity index (χ3v) is 2.24. The van der Waals surface area contributed by atoms with E-state index in [0.29, 0.717) is 32.5 Å². The molecule has 15 heavy (non-hydrogen) atoms. The number of nitriles is 2. The van der Waals surface area contributed by atoms with Crippen molar-refractivity contribution in [3.05, 3.63) is 0 Å². The van der Waals surface area contributed by atoms with Crippen molar-refractivity contribution in [3.63, 3.8) is 0 Å². The number of aliphatic hydroxyl groups is 1. The van der Waals surface area contributed by atoms with E-state index in [1.165, 1.54) is 0 Å². The topological polar surface area (TPSA) is 72.2 Å². The SMILES string of the molecule is N#CCC[NH+](CCC#N)CC(O)CCl.[Cl-]. The summed E-state index contributed by atoms with van der Waals surface area (Å²) in [6.45, 7) is 1.82. The lowest BCUT2D eigenvalue weighted by molar-refractivity contribution is -0.901. The minimum absolute atomic E-state index is 0. The Labute approximate surface area is 101 Å². The van der Waals surface area contributed by atoms with Crippen LogP contribution in [0.1, 0.15) is 12.8 Å². The Balaban J connectivity index is 0. The predicted octanol–water partition coefficient (Wildman–Crippen LogP) is -3.70. The molecule has 0 aromatic rings. The molecule has 0 aliphatic carbocycles. The maximum absolute atomic E-state index is 9.31. The molecule has 0 rings (SSSR count). The molecule has 0 amide bonds. The third-order valence-electron chi connectivity index (χ3n) is 1.88. The number of quaternary nitrogens is 1. The molecule has 0 aliphatic heterocycles. The highest BCUT2D eigenvalue weighted by Gasteiger charge is 2.13. The standard InChI is InChI=1S/C9H14ClN3O.ClH/c10-7-9(14)8-13(5-1-3-11)6-2-4-12;/h9,14H,1-2,5-8H2;1H. The number of halogens is 2. The summed E-state index contributed by atoms with van der Waals surface area (Å²) >= 11 is 5.47. The Morgan fingerprint density at radius 2 is 1.67 bits per heavy atom. The third kappa shape index (κ3) is 9.78. The molecule has 0 radical (unpaired) electrons. The van der Waals surface area contributed by atoms with Gasteiger partial charge in [-0.3, -0.25) is 0 Å². The lowest BCUT2D eigenvalue weighted by Gasteiger charge is -2.19. The molecule has 0 aromatic carbocycles. The van der Waals surface area contributed by atoms with Gasteiger partial charge in [0.2, 0.25) is 0 Å². The number of aliphatic hydroxyl groups excluding tert-OH is 1. The van der Waals surface area contributed by atoms with Crippen LogP contribution in [0.4, 0.5) is 0 Å². The van der Waals surface area contributed by atoms with Crippen LogP contribution in [0.2, 0.25) is 0 Å². The van der Waals surface area contributed by atoms with E-state index in [1.807, 2.05) is 12.1 Å². The van der Waals surface area contributed by atoms with E-state index in [0.717, 1.165) is 4.90 Å². The molecule has 4 nitrogen and oxygen atoms in total. The fourth-order valence-corrected chi connectivity index (χ4v) is 1.29. The molecule has 0 bridgehead atoms. The highest BCUT2D eigenvalue weighted by atomic mass is 35.5. The van der Waals surface area contributed by atoms with E-state index in [-0.39, 0.29) is 18.3 Å². The fraction of sp³-hybridized carbons (Fsp3) is 0.778. The van der Waals surface area contributed by atoms with Gasteiger partial charge in [0, 0.05) is 0 Å². The second-order valence-corrected chi connectivity index (χ2v) is 3.39. The van der Waals surface area contributed by atoms with Crippen molar-refractivity contribution in [2.24, 2.45) is 0 Å². The first kappa shape index (κ1) is 16.9. The first-order valence-electron chi connectivity index (χ1n) is 4.56. The second kappa shape index (κ2) is 11.6. The Morgan fingerprint density at radius 1 is 1.20 bits per heavy atom. The zero-order valence-corrected chi connectivity index (χ0v) is 9.93. The molecule has 0 fully saturated rings. The maximum atomic E-state index is 9.31. The Morgan fingerprint density at radius 3 is 2.00 bits per heavy atom. The molecule has 0 heterocycles. The van der Waals surface area contributed by atoms with E-state index in [9.17, 15) is 5.11 Å². The summed E-state index contributed by atoms with van der Waals surface area (Å²) in [5, 5.41) is 26.1. The van der Waals surface area contributed by atoms with Crippen LogP contribution < -0.4 is 17.3 Å². The van der Waals surface area contributed by atoms with E-state index in [4.69, 9.17) is 22.1 Å². The van der Waals surface area contributed by atoms with Gasteiger partial charge in [0.15, 0.2) is 0 Å². The zero-order chi connectivity index (χ0) is 10.8. The van der Waals surface area contributed by atoms with Gasteiger partial charge in [0.25, 0.3) is 0 Å². The minimum atomic E-state index is -0.552. The van der Waals surface area contributed by atoms with E-state index >= 15 is 0 Å². The van der Waals surface area contributed by atoms with Crippen molar-refractivity contribution in [2.45, 2.75) is 18.9 Å². The Bertz CT molecular complexity index is 206. The normalized spacial score (nSPS) is 11.3. The molecule has 2 N–H and O–H groups in total. The van der Waals surface area contributed by atoms with Gasteiger partial charge in [-0.05, 0) is 0 Å². The molecule has 0 saturated heterocycles. The lowest BCUT2D eigenvalue weighted by Crippen LogP contribution is -3.13. The summed E-state index contributed by atoms with van der Waals surface area (Å²) < 4.78 is 0. The van der Waals surface area contributed by atoms with Gasteiger partial charge < -0.3 is 22.4 Å². The number of nitrogens with one attached hydrogen (secondary N) is 1. The molecule has 0 saturated carbocycles. The monoisotopic (exact) mass is 251 g/mol. The summed E-state index contributed by atoms with van der Waals surface area (Å²) in [4.78, 5) is 1.06. The molecule has 1 unspecified atom stereocenters. The van der Waals surface area contributed by atoms with Crippen LogP contribution in [-0.4, -0.2) is 36.7 Å². The number of nitrogens with zero attached hydrogens (tertiary/aromatic N) is 2. The van der Waals surface area contributed by atoms with Crippen LogP contribution >= 0.6 is 11.6 Å². The van der Waals surface area contributed by atoms with E-state index < -0.39 is 6.10 Å². The molecule has 0 spiro atoms. The van der Waals surface area contributed by atoms with Gasteiger partial charge in [-0.15, -0.1) is 11.6 Å². The first-order chi connectivity index (χ1) is 6.74. The molecule has 86 valence electrons. The number of rotatable bonds is 7. The largest absolute Gasteiger partial charge is 1.00 e. The van der Waals surface area contributed by atoms with Crippen LogP contribution in [0, 0.1) is 22.7 Å². The summed E-state index contributed by atoms with van der Waals surface area (Å²) in [6, 6.07) is 4.09. The van der Waals surface area contributed by atoms with Gasteiger partial charge in [0.1, 0.15) is 12.6 Å². The summed E-state index contributed by atoms with van der Waals surface area (Å²) in [7, 11) is 0. The smallest absolute Gasteiger partial charge is 0.116 e. The fourth-order valence-electron chi connectivity index (χ4n) is 1.18. The molecular weight excluding hydrogens is 237 g/mol. The summed E-state index contributed by atoms with van der Waals surface area (Å²) in [6.07, 6.45) is 0.329. The van der Waals surface area contributed by atoms with Crippen molar-refractivity contribution in [1.82, 2.24) is 0 Å². The summed E-state index contributed by atoms with van der Waals surface area (Å²) in [5.74, 6) is 0.197. The number of alkyl halides is 1. The maximum Gasteiger partial charge on any atom is 0.116 e. The Hall–Kier alpha value is -0.520. The highest BCUT2D eigenvalue weighted by molar-refractivity contribution is 6.18. The van der Waals surface area contributed by atoms with E-state index in [2.05, 4.69) is 0 Å². The van der Waals surface area contributed by atoms with Gasteiger partial charge in [-0.25, -0.2) is 0 Å². The minimum Gasteiger partial charge on any atom is -1.00 e. The predicted molar refractivity (Wildman–Crippen MR) is 52.8 cm³/mol. The molecule has 6 heteroatoms. The van der Waals surface area contributed by atoms with Crippen LogP contribution in [0.3, 0.4) is 0 Å². The molecule has 0 aliphatic rings. The van der Waals surface area contributed by atoms with Gasteiger partial charge in [-0.2, -0.15) is 10.5 Å². The molecule has 0 aromatic heterocycles. The average Bonchev–Trinajstić information content (AvgIpc) is 2.21. The van der Waals surface area contributed by atoms with Crippen molar-refractivity contribution >= 4 is 11.6 Å². The average molecular weight is 252 g/mol. The van der Waals surface area contributed by atoms with Crippen molar-refractivity contribution in [1.29, 1.82) is 10.5 Å². The van der Waals surface area contributed by atoms with Gasteiger partial charge >= 0.3 is 0 Å². The zero-order valence-electron chi connectivity index (χ0n) is 8.42. The van der Waals surface area contributed by atoms with Crippen LogP contribution in [-0.2, 0) is 0 Å². The van der Waals surface area contributed by atoms with Crippen LogP contribution in [0.15, 0.2) is 0 Å². The van der Waals surface area contributed by atoms with Crippen LogP contribution in [0.5, 0.6) is 0 Å². The molecular formula is C9H15Cl2N3O. The van der Waals surface area contributed by atoms with Crippen molar-refractivity contribution in [2.75, 3.05) is 25.5 Å². The first-order valence-corrected chi connectivity index (χ1v) is 5.09. The Kier molecular flexibility index (Phi) is 13.0. The van der Waals surface area contributed by atoms with Crippen LogP contribution in [0.25, 0.3) is 0 Å². The highest BCUT2D eigenvalue weighted by Crippen LogP contribution is 1.82. The van der Waals surface area contributed by atoms with Crippen molar-refractivity contribution in [3.8, 4) is 12.1 Å². The second-order valence-electron chi connectivity index (χ2n) is 3.08. The van der Waals surface area contributed by atoms with E-state index in [1.54, 1.807) is 0 Å². The van der Waals surface area contributed by atoms with Crippen molar-refractivity contribution < 1.29 is 22.4 Å². The summed E-state index contributed by atoms with van der Waals surface area (Å²) in [5.41, 5.74) is 0.